The van der Waals surface area contributed by atoms with Gasteiger partial charge < -0.3 is 11.1 Å². The molecule has 0 saturated carbocycles. The number of nitrogens with zero attached hydrogens (tertiary/aromatic N) is 3. The van der Waals surface area contributed by atoms with E-state index in [1.165, 1.54) is 12.1 Å². The van der Waals surface area contributed by atoms with Gasteiger partial charge in [-0.2, -0.15) is 5.10 Å². The molecule has 2 aromatic carbocycles. The van der Waals surface area contributed by atoms with E-state index >= 15 is 0 Å². The van der Waals surface area contributed by atoms with Crippen LogP contribution in [0.1, 0.15) is 21.5 Å². The number of nitrogens with two attached hydrogens (primary N) is 1. The summed E-state index contributed by atoms with van der Waals surface area (Å²) in [6.07, 6.45) is 1.58. The first-order valence-electron chi connectivity index (χ1n) is 9.38. The van der Waals surface area contributed by atoms with Crippen LogP contribution in [0.15, 0.2) is 66.9 Å². The zero-order valence-corrected chi connectivity index (χ0v) is 16.6. The topological polar surface area (TPSA) is 85.8 Å². The first-order chi connectivity index (χ1) is 14.4. The van der Waals surface area contributed by atoms with Gasteiger partial charge in [-0.25, -0.2) is 14.1 Å². The van der Waals surface area contributed by atoms with Crippen LogP contribution in [0.5, 0.6) is 0 Å². The Labute approximate surface area is 173 Å². The Bertz CT molecular complexity index is 1230. The number of nitrogens with one attached hydrogen (secondary N) is 1. The highest BCUT2D eigenvalue weighted by Gasteiger charge is 2.16. The maximum absolute atomic E-state index is 13.4. The monoisotopic (exact) mass is 401 g/mol. The Morgan fingerprint density at radius 3 is 2.57 bits per heavy atom. The van der Waals surface area contributed by atoms with E-state index in [0.717, 1.165) is 22.4 Å². The predicted molar refractivity (Wildman–Crippen MR) is 114 cm³/mol. The number of carbonyl (C=O) groups excluding carboxylic acids is 1. The second-order valence-electron chi connectivity index (χ2n) is 7.01. The number of aromatic nitrogens is 3. The number of pyridine rings is 1. The molecule has 0 bridgehead atoms. The standard InChI is InChI=1S/C23H20FN5O/c1-14-5-6-15(2)20(12-14)29-21(27-23-18(22(25)30)4-3-11-26-23)13-19(28-29)16-7-9-17(24)10-8-16/h3-13H,1-2H3,(H2,25,30)(H,26,27). The second-order valence-corrected chi connectivity index (χ2v) is 7.01. The second kappa shape index (κ2) is 7.79. The van der Waals surface area contributed by atoms with Crippen LogP contribution < -0.4 is 11.1 Å². The van der Waals surface area contributed by atoms with Crippen molar-refractivity contribution in [2.24, 2.45) is 5.73 Å². The maximum Gasteiger partial charge on any atom is 0.252 e. The minimum Gasteiger partial charge on any atom is -0.365 e. The molecule has 1 amide bonds. The lowest BCUT2D eigenvalue weighted by atomic mass is 10.1. The zero-order chi connectivity index (χ0) is 21.3. The van der Waals surface area contributed by atoms with Crippen LogP contribution in [-0.2, 0) is 0 Å². The van der Waals surface area contributed by atoms with Gasteiger partial charge in [0.1, 0.15) is 17.5 Å². The molecule has 0 spiro atoms. The van der Waals surface area contributed by atoms with Crippen molar-refractivity contribution in [1.29, 1.82) is 0 Å². The lowest BCUT2D eigenvalue weighted by Gasteiger charge is -2.13. The number of carbonyl (C=O) groups is 1. The molecular weight excluding hydrogens is 381 g/mol. The number of hydrogen-bond acceptors (Lipinski definition) is 4. The maximum atomic E-state index is 13.4. The number of benzene rings is 2. The molecule has 0 aliphatic carbocycles. The third kappa shape index (κ3) is 3.77. The SMILES string of the molecule is Cc1ccc(C)c(-n2nc(-c3ccc(F)cc3)cc2Nc2ncccc2C(N)=O)c1. The van der Waals surface area contributed by atoms with Gasteiger partial charge in [0, 0.05) is 17.8 Å². The van der Waals surface area contributed by atoms with Crippen molar-refractivity contribution in [1.82, 2.24) is 14.8 Å². The van der Waals surface area contributed by atoms with Crippen molar-refractivity contribution < 1.29 is 9.18 Å². The fraction of sp³-hybridized carbons (Fsp3) is 0.0870. The summed E-state index contributed by atoms with van der Waals surface area (Å²) in [6, 6.07) is 17.3. The molecule has 0 atom stereocenters. The Kier molecular flexibility index (Phi) is 5.02. The summed E-state index contributed by atoms with van der Waals surface area (Å²) in [7, 11) is 0. The molecule has 2 aromatic heterocycles. The van der Waals surface area contributed by atoms with E-state index in [9.17, 15) is 9.18 Å². The smallest absolute Gasteiger partial charge is 0.252 e. The van der Waals surface area contributed by atoms with Crippen molar-refractivity contribution in [2.45, 2.75) is 13.8 Å². The van der Waals surface area contributed by atoms with Gasteiger partial charge in [-0.15, -0.1) is 0 Å². The highest BCUT2D eigenvalue weighted by atomic mass is 19.1. The number of amides is 1. The number of hydrogen-bond donors (Lipinski definition) is 2. The quantitative estimate of drug-likeness (QED) is 0.514. The molecular formula is C23H20FN5O. The van der Waals surface area contributed by atoms with E-state index in [-0.39, 0.29) is 11.4 Å². The summed E-state index contributed by atoms with van der Waals surface area (Å²) < 4.78 is 15.1. The fourth-order valence-corrected chi connectivity index (χ4v) is 3.19. The van der Waals surface area contributed by atoms with Gasteiger partial charge in [-0.05, 0) is 67.4 Å². The van der Waals surface area contributed by atoms with Crippen molar-refractivity contribution in [3.8, 4) is 16.9 Å². The lowest BCUT2D eigenvalue weighted by Crippen LogP contribution is -2.15. The van der Waals surface area contributed by atoms with Gasteiger partial charge in [0.2, 0.25) is 0 Å². The summed E-state index contributed by atoms with van der Waals surface area (Å²) in [5, 5.41) is 7.92. The molecule has 6 nitrogen and oxygen atoms in total. The van der Waals surface area contributed by atoms with Gasteiger partial charge in [-0.3, -0.25) is 4.79 Å². The minimum atomic E-state index is -0.581. The van der Waals surface area contributed by atoms with Gasteiger partial charge in [0.15, 0.2) is 0 Å². The van der Waals surface area contributed by atoms with E-state index in [1.807, 2.05) is 38.1 Å². The average Bonchev–Trinajstić information content (AvgIpc) is 3.14. The van der Waals surface area contributed by atoms with E-state index in [0.29, 0.717) is 17.3 Å². The summed E-state index contributed by atoms with van der Waals surface area (Å²) in [4.78, 5) is 16.1. The Morgan fingerprint density at radius 1 is 1.07 bits per heavy atom. The Hall–Kier alpha value is -4.00. The molecule has 4 rings (SSSR count). The van der Waals surface area contributed by atoms with Gasteiger partial charge in [0.05, 0.1) is 16.9 Å². The third-order valence-corrected chi connectivity index (χ3v) is 4.76. The first-order valence-corrected chi connectivity index (χ1v) is 9.38. The van der Waals surface area contributed by atoms with Crippen LogP contribution >= 0.6 is 0 Å². The van der Waals surface area contributed by atoms with Crippen LogP contribution in [0.4, 0.5) is 16.0 Å². The summed E-state index contributed by atoms with van der Waals surface area (Å²) in [5.74, 6) is 0.0409. The van der Waals surface area contributed by atoms with Crippen LogP contribution in [0.25, 0.3) is 16.9 Å². The number of rotatable bonds is 5. The van der Waals surface area contributed by atoms with E-state index in [1.54, 1.807) is 35.1 Å². The normalized spacial score (nSPS) is 10.8. The number of primary amides is 1. The fourth-order valence-electron chi connectivity index (χ4n) is 3.19. The van der Waals surface area contributed by atoms with Crippen LogP contribution in [0.2, 0.25) is 0 Å². The number of aryl methyl sites for hydroxylation is 2. The highest BCUT2D eigenvalue weighted by Crippen LogP contribution is 2.29. The van der Waals surface area contributed by atoms with E-state index < -0.39 is 5.91 Å². The minimum absolute atomic E-state index is 0.273. The van der Waals surface area contributed by atoms with Crippen molar-refractivity contribution in [3.63, 3.8) is 0 Å². The van der Waals surface area contributed by atoms with Crippen LogP contribution in [0, 0.1) is 19.7 Å². The molecule has 0 fully saturated rings. The summed E-state index contributed by atoms with van der Waals surface area (Å²) in [5.41, 5.74) is 10.2. The average molecular weight is 401 g/mol. The Morgan fingerprint density at radius 2 is 1.83 bits per heavy atom. The molecule has 4 aromatic rings. The van der Waals surface area contributed by atoms with Gasteiger partial charge in [-0.1, -0.05) is 12.1 Å². The summed E-state index contributed by atoms with van der Waals surface area (Å²) >= 11 is 0. The molecule has 0 aliphatic rings. The summed E-state index contributed by atoms with van der Waals surface area (Å²) in [6.45, 7) is 4.00. The van der Waals surface area contributed by atoms with Crippen molar-refractivity contribution in [3.05, 3.63) is 89.4 Å². The molecule has 0 aliphatic heterocycles. The zero-order valence-electron chi connectivity index (χ0n) is 16.6. The predicted octanol–water partition coefficient (Wildman–Crippen LogP) is 4.53. The van der Waals surface area contributed by atoms with Gasteiger partial charge in [0.25, 0.3) is 5.91 Å². The first kappa shape index (κ1) is 19.3. The molecule has 150 valence electrons. The molecule has 30 heavy (non-hydrogen) atoms. The number of halogens is 1. The Balaban J connectivity index is 1.87. The third-order valence-electron chi connectivity index (χ3n) is 4.76. The van der Waals surface area contributed by atoms with Crippen molar-refractivity contribution in [2.75, 3.05) is 5.32 Å². The lowest BCUT2D eigenvalue weighted by molar-refractivity contribution is 0.100. The molecule has 3 N–H and O–H groups in total. The highest BCUT2D eigenvalue weighted by molar-refractivity contribution is 5.98. The van der Waals surface area contributed by atoms with Crippen molar-refractivity contribution >= 4 is 17.5 Å². The molecule has 7 heteroatoms. The molecule has 0 saturated heterocycles. The molecule has 2 heterocycles. The molecule has 0 unspecified atom stereocenters. The van der Waals surface area contributed by atoms with E-state index in [4.69, 9.17) is 10.8 Å². The van der Waals surface area contributed by atoms with Crippen LogP contribution in [0.3, 0.4) is 0 Å². The van der Waals surface area contributed by atoms with Crippen LogP contribution in [-0.4, -0.2) is 20.7 Å². The molecule has 0 radical (unpaired) electrons. The largest absolute Gasteiger partial charge is 0.365 e. The number of anilines is 2. The van der Waals surface area contributed by atoms with Gasteiger partial charge >= 0.3 is 0 Å². The van der Waals surface area contributed by atoms with E-state index in [2.05, 4.69) is 10.3 Å².